The number of nitrogens with zero attached hydrogens (tertiary/aromatic N) is 2. The Morgan fingerprint density at radius 1 is 1.17 bits per heavy atom. The van der Waals surface area contributed by atoms with Gasteiger partial charge in [0.25, 0.3) is 0 Å². The standard InChI is InChI=1S/C18H17N3O2/c1-12(15-6-4-10-19-15)21-16-7-3-2-5-14(16)18(20-21)17-9-8-13(11-22)23-17/h2-10,12,19,22H,11H2,1H3. The van der Waals surface area contributed by atoms with Crippen LogP contribution in [-0.4, -0.2) is 19.9 Å². The fourth-order valence-corrected chi connectivity index (χ4v) is 2.89. The lowest BCUT2D eigenvalue weighted by Gasteiger charge is -2.11. The van der Waals surface area contributed by atoms with Gasteiger partial charge in [-0.3, -0.25) is 4.68 Å². The molecular weight excluding hydrogens is 290 g/mol. The van der Waals surface area contributed by atoms with Crippen LogP contribution in [0.5, 0.6) is 0 Å². The van der Waals surface area contributed by atoms with Crippen molar-refractivity contribution in [1.29, 1.82) is 0 Å². The van der Waals surface area contributed by atoms with Gasteiger partial charge in [-0.15, -0.1) is 0 Å². The molecule has 2 N–H and O–H groups in total. The van der Waals surface area contributed by atoms with E-state index in [1.807, 2.05) is 41.2 Å². The van der Waals surface area contributed by atoms with E-state index in [1.165, 1.54) is 0 Å². The first kappa shape index (κ1) is 13.8. The number of aliphatic hydroxyl groups excluding tert-OH is 1. The number of aromatic amines is 1. The van der Waals surface area contributed by atoms with Crippen molar-refractivity contribution in [2.75, 3.05) is 0 Å². The number of aliphatic hydroxyl groups is 1. The van der Waals surface area contributed by atoms with Gasteiger partial charge in [0.15, 0.2) is 5.76 Å². The lowest BCUT2D eigenvalue weighted by Crippen LogP contribution is -2.08. The molecular formula is C18H17N3O2. The van der Waals surface area contributed by atoms with Crippen LogP contribution in [0.15, 0.2) is 59.1 Å². The van der Waals surface area contributed by atoms with Crippen LogP contribution in [0.1, 0.15) is 24.4 Å². The number of para-hydroxylation sites is 1. The van der Waals surface area contributed by atoms with Gasteiger partial charge >= 0.3 is 0 Å². The summed E-state index contributed by atoms with van der Waals surface area (Å²) in [5.74, 6) is 1.21. The quantitative estimate of drug-likeness (QED) is 0.604. The lowest BCUT2D eigenvalue weighted by atomic mass is 10.1. The summed E-state index contributed by atoms with van der Waals surface area (Å²) in [6, 6.07) is 15.8. The molecule has 116 valence electrons. The average Bonchev–Trinajstić information content (AvgIpc) is 3.32. The zero-order valence-corrected chi connectivity index (χ0v) is 12.7. The molecule has 0 spiro atoms. The summed E-state index contributed by atoms with van der Waals surface area (Å²) < 4.78 is 7.67. The highest BCUT2D eigenvalue weighted by Crippen LogP contribution is 2.32. The molecule has 4 aromatic rings. The van der Waals surface area contributed by atoms with Gasteiger partial charge in [0.1, 0.15) is 18.1 Å². The molecule has 0 saturated carbocycles. The third-order valence-corrected chi connectivity index (χ3v) is 4.10. The van der Waals surface area contributed by atoms with Gasteiger partial charge in [0.05, 0.1) is 11.6 Å². The van der Waals surface area contributed by atoms with E-state index in [4.69, 9.17) is 9.52 Å². The van der Waals surface area contributed by atoms with E-state index in [9.17, 15) is 5.11 Å². The second-order valence-corrected chi connectivity index (χ2v) is 5.54. The maximum absolute atomic E-state index is 9.21. The van der Waals surface area contributed by atoms with Crippen LogP contribution in [0.2, 0.25) is 0 Å². The Morgan fingerprint density at radius 3 is 2.78 bits per heavy atom. The zero-order valence-electron chi connectivity index (χ0n) is 12.7. The smallest absolute Gasteiger partial charge is 0.155 e. The molecule has 5 nitrogen and oxygen atoms in total. The van der Waals surface area contributed by atoms with Crippen LogP contribution < -0.4 is 0 Å². The second kappa shape index (κ2) is 5.44. The minimum atomic E-state index is -0.114. The van der Waals surface area contributed by atoms with Crippen LogP contribution in [0.25, 0.3) is 22.4 Å². The minimum absolute atomic E-state index is 0.0796. The maximum atomic E-state index is 9.21. The molecule has 0 fully saturated rings. The van der Waals surface area contributed by atoms with Gasteiger partial charge in [-0.1, -0.05) is 18.2 Å². The number of aromatic nitrogens is 3. The number of H-pyrrole nitrogens is 1. The lowest BCUT2D eigenvalue weighted by molar-refractivity contribution is 0.248. The van der Waals surface area contributed by atoms with Crippen molar-refractivity contribution in [1.82, 2.24) is 14.8 Å². The normalized spacial score (nSPS) is 12.8. The third kappa shape index (κ3) is 2.26. The molecule has 1 atom stereocenters. The first-order valence-corrected chi connectivity index (χ1v) is 7.58. The highest BCUT2D eigenvalue weighted by molar-refractivity contribution is 5.92. The molecule has 23 heavy (non-hydrogen) atoms. The van der Waals surface area contributed by atoms with Crippen LogP contribution in [-0.2, 0) is 6.61 Å². The summed E-state index contributed by atoms with van der Waals surface area (Å²) in [5.41, 5.74) is 2.94. The molecule has 0 saturated heterocycles. The molecule has 0 radical (unpaired) electrons. The first-order valence-electron chi connectivity index (χ1n) is 7.58. The Morgan fingerprint density at radius 2 is 2.04 bits per heavy atom. The molecule has 0 aliphatic rings. The van der Waals surface area contributed by atoms with Crippen LogP contribution >= 0.6 is 0 Å². The van der Waals surface area contributed by atoms with E-state index in [0.29, 0.717) is 11.5 Å². The Kier molecular flexibility index (Phi) is 3.28. The summed E-state index contributed by atoms with van der Waals surface area (Å²) in [7, 11) is 0. The van der Waals surface area contributed by atoms with E-state index in [-0.39, 0.29) is 12.6 Å². The van der Waals surface area contributed by atoms with E-state index in [1.54, 1.807) is 6.07 Å². The largest absolute Gasteiger partial charge is 0.457 e. The Hall–Kier alpha value is -2.79. The van der Waals surface area contributed by atoms with E-state index in [0.717, 1.165) is 22.3 Å². The highest BCUT2D eigenvalue weighted by Gasteiger charge is 2.19. The van der Waals surface area contributed by atoms with Gasteiger partial charge in [-0.2, -0.15) is 5.10 Å². The van der Waals surface area contributed by atoms with Crippen molar-refractivity contribution in [2.24, 2.45) is 0 Å². The molecule has 3 aromatic heterocycles. The number of nitrogens with one attached hydrogen (secondary N) is 1. The van der Waals surface area contributed by atoms with Crippen LogP contribution in [0, 0.1) is 0 Å². The van der Waals surface area contributed by atoms with Gasteiger partial charge in [-0.25, -0.2) is 0 Å². The summed E-state index contributed by atoms with van der Waals surface area (Å²) >= 11 is 0. The Bertz CT molecular complexity index is 934. The summed E-state index contributed by atoms with van der Waals surface area (Å²) in [5, 5.41) is 15.0. The van der Waals surface area contributed by atoms with Crippen molar-refractivity contribution >= 4 is 10.9 Å². The van der Waals surface area contributed by atoms with Gasteiger partial charge in [0.2, 0.25) is 0 Å². The van der Waals surface area contributed by atoms with Crippen molar-refractivity contribution in [3.05, 3.63) is 66.2 Å². The highest BCUT2D eigenvalue weighted by atomic mass is 16.4. The molecule has 0 aliphatic carbocycles. The Balaban J connectivity index is 1.89. The molecule has 3 heterocycles. The predicted octanol–water partition coefficient (Wildman–Crippen LogP) is 3.73. The van der Waals surface area contributed by atoms with E-state index < -0.39 is 0 Å². The molecule has 4 rings (SSSR count). The first-order chi connectivity index (χ1) is 11.3. The van der Waals surface area contributed by atoms with Gasteiger partial charge < -0.3 is 14.5 Å². The summed E-state index contributed by atoms with van der Waals surface area (Å²) in [4.78, 5) is 3.25. The number of hydrogen-bond donors (Lipinski definition) is 2. The van der Waals surface area contributed by atoms with Crippen molar-refractivity contribution in [3.8, 4) is 11.5 Å². The number of rotatable bonds is 4. The topological polar surface area (TPSA) is 67.0 Å². The zero-order chi connectivity index (χ0) is 15.8. The fraction of sp³-hybridized carbons (Fsp3) is 0.167. The van der Waals surface area contributed by atoms with Crippen molar-refractivity contribution in [3.63, 3.8) is 0 Å². The fourth-order valence-electron chi connectivity index (χ4n) is 2.89. The second-order valence-electron chi connectivity index (χ2n) is 5.54. The van der Waals surface area contributed by atoms with E-state index >= 15 is 0 Å². The minimum Gasteiger partial charge on any atom is -0.457 e. The van der Waals surface area contributed by atoms with Crippen molar-refractivity contribution in [2.45, 2.75) is 19.6 Å². The molecule has 0 amide bonds. The monoisotopic (exact) mass is 307 g/mol. The SMILES string of the molecule is CC(c1ccc[nH]1)n1nc(-c2ccc(CO)o2)c2ccccc21. The number of furan rings is 1. The molecule has 0 aliphatic heterocycles. The average molecular weight is 307 g/mol. The maximum Gasteiger partial charge on any atom is 0.155 e. The number of hydrogen-bond acceptors (Lipinski definition) is 3. The molecule has 1 aromatic carbocycles. The number of fused-ring (bicyclic) bond motifs is 1. The number of benzene rings is 1. The Labute approximate surface area is 133 Å². The molecule has 0 bridgehead atoms. The predicted molar refractivity (Wildman–Crippen MR) is 88.0 cm³/mol. The molecule has 1 unspecified atom stereocenters. The van der Waals surface area contributed by atoms with E-state index in [2.05, 4.69) is 24.0 Å². The summed E-state index contributed by atoms with van der Waals surface area (Å²) in [6.07, 6.45) is 1.92. The van der Waals surface area contributed by atoms with Crippen LogP contribution in [0.3, 0.4) is 0 Å². The third-order valence-electron chi connectivity index (χ3n) is 4.10. The molecule has 5 heteroatoms. The van der Waals surface area contributed by atoms with Gasteiger partial charge in [-0.05, 0) is 37.3 Å². The van der Waals surface area contributed by atoms with Crippen LogP contribution in [0.4, 0.5) is 0 Å². The summed E-state index contributed by atoms with van der Waals surface area (Å²) in [6.45, 7) is 1.99. The van der Waals surface area contributed by atoms with Crippen molar-refractivity contribution < 1.29 is 9.52 Å². The van der Waals surface area contributed by atoms with Gasteiger partial charge in [0, 0.05) is 17.3 Å².